The first-order valence-electron chi connectivity index (χ1n) is 9.41. The smallest absolute Gasteiger partial charge is 0.335 e. The van der Waals surface area contributed by atoms with Crippen molar-refractivity contribution in [3.8, 4) is 0 Å². The zero-order chi connectivity index (χ0) is 22.4. The summed E-state index contributed by atoms with van der Waals surface area (Å²) in [5.41, 5.74) is -1.22. The highest BCUT2D eigenvalue weighted by atomic mass is 16.7. The summed E-state index contributed by atoms with van der Waals surface area (Å²) in [5.74, 6) is -2.99. The van der Waals surface area contributed by atoms with Crippen LogP contribution in [-0.4, -0.2) is 93.0 Å². The van der Waals surface area contributed by atoms with E-state index in [1.165, 1.54) is 20.0 Å². The minimum absolute atomic E-state index is 0.380. The topological polar surface area (TPSA) is 183 Å². The van der Waals surface area contributed by atoms with Gasteiger partial charge >= 0.3 is 12.0 Å². The number of nitrogens with one attached hydrogen (secondary N) is 1. The van der Waals surface area contributed by atoms with Crippen LogP contribution >= 0.6 is 0 Å². The van der Waals surface area contributed by atoms with Crippen LogP contribution in [0.4, 0.5) is 4.79 Å². The number of aliphatic hydroxyl groups excluding tert-OH is 3. The van der Waals surface area contributed by atoms with Crippen LogP contribution in [0.1, 0.15) is 26.2 Å². The molecule has 3 aliphatic rings. The number of carboxylic acid groups (broad SMARTS) is 1. The molecule has 166 valence electrons. The highest BCUT2D eigenvalue weighted by Gasteiger charge is 2.52. The van der Waals surface area contributed by atoms with Gasteiger partial charge in [-0.05, 0) is 31.8 Å². The molecule has 0 aromatic heterocycles. The average Bonchev–Trinajstić information content (AvgIpc) is 2.71. The van der Waals surface area contributed by atoms with Crippen molar-refractivity contribution < 1.29 is 49.1 Å². The molecular weight excluding hydrogens is 404 g/mol. The fraction of sp³-hybridized carbons (Fsp3) is 0.667. The Labute approximate surface area is 171 Å². The van der Waals surface area contributed by atoms with Crippen LogP contribution in [0.25, 0.3) is 0 Å². The summed E-state index contributed by atoms with van der Waals surface area (Å²) in [7, 11) is 1.25. The molecule has 0 bridgehead atoms. The molecule has 7 atom stereocenters. The maximum atomic E-state index is 12.7. The van der Waals surface area contributed by atoms with Crippen LogP contribution in [0.5, 0.6) is 0 Å². The third-order valence-corrected chi connectivity index (χ3v) is 5.80. The number of amides is 4. The predicted octanol–water partition coefficient (Wildman–Crippen LogP) is -1.91. The highest BCUT2D eigenvalue weighted by molar-refractivity contribution is 6.20. The molecule has 12 nitrogen and oxygen atoms in total. The normalized spacial score (nSPS) is 40.1. The Hall–Kier alpha value is -2.38. The molecule has 30 heavy (non-hydrogen) atoms. The summed E-state index contributed by atoms with van der Waals surface area (Å²) in [4.78, 5) is 48.9. The van der Waals surface area contributed by atoms with Gasteiger partial charge in [0.1, 0.15) is 23.7 Å². The van der Waals surface area contributed by atoms with Gasteiger partial charge in [-0.25, -0.2) is 9.59 Å². The predicted molar refractivity (Wildman–Crippen MR) is 95.5 cm³/mol. The second-order valence-electron chi connectivity index (χ2n) is 7.74. The lowest BCUT2D eigenvalue weighted by molar-refractivity contribution is -0.301. The number of carbonyl (C=O) groups is 4. The van der Waals surface area contributed by atoms with Crippen molar-refractivity contribution in [2.24, 2.45) is 5.41 Å². The lowest BCUT2D eigenvalue weighted by Crippen LogP contribution is -2.62. The molecule has 0 saturated carbocycles. The Morgan fingerprint density at radius 1 is 1.23 bits per heavy atom. The average molecular weight is 428 g/mol. The number of carbonyl (C=O) groups excluding carboxylic acids is 3. The van der Waals surface area contributed by atoms with E-state index in [1.54, 1.807) is 0 Å². The van der Waals surface area contributed by atoms with Gasteiger partial charge in [0.2, 0.25) is 11.8 Å². The van der Waals surface area contributed by atoms with Gasteiger partial charge in [0.05, 0.1) is 6.10 Å². The number of hydrogen-bond donors (Lipinski definition) is 5. The van der Waals surface area contributed by atoms with Crippen LogP contribution in [0.3, 0.4) is 0 Å². The molecule has 4 amide bonds. The molecule has 0 radical (unpaired) electrons. The maximum absolute atomic E-state index is 12.7. The molecule has 3 rings (SSSR count). The van der Waals surface area contributed by atoms with E-state index < -0.39 is 66.0 Å². The summed E-state index contributed by atoms with van der Waals surface area (Å²) in [5, 5.41) is 41.0. The Morgan fingerprint density at radius 2 is 1.90 bits per heavy atom. The zero-order valence-corrected chi connectivity index (χ0v) is 16.3. The number of imide groups is 2. The number of aliphatic hydroxyl groups is 3. The van der Waals surface area contributed by atoms with Crippen molar-refractivity contribution >= 4 is 23.8 Å². The van der Waals surface area contributed by atoms with E-state index in [-0.39, 0.29) is 0 Å². The number of ether oxygens (including phenoxy) is 2. The number of urea groups is 1. The van der Waals surface area contributed by atoms with E-state index in [0.717, 1.165) is 4.90 Å². The minimum Gasteiger partial charge on any atom is -0.479 e. The van der Waals surface area contributed by atoms with Crippen LogP contribution in [0.2, 0.25) is 0 Å². The van der Waals surface area contributed by atoms with Gasteiger partial charge in [0.25, 0.3) is 0 Å². The molecule has 1 aliphatic carbocycles. The Kier molecular flexibility index (Phi) is 5.98. The van der Waals surface area contributed by atoms with Crippen LogP contribution < -0.4 is 5.32 Å². The molecule has 12 heteroatoms. The molecule has 2 fully saturated rings. The van der Waals surface area contributed by atoms with E-state index in [4.69, 9.17) is 14.6 Å². The molecule has 5 N–H and O–H groups in total. The van der Waals surface area contributed by atoms with Crippen molar-refractivity contribution in [2.45, 2.75) is 63.0 Å². The second-order valence-corrected chi connectivity index (χ2v) is 7.74. The van der Waals surface area contributed by atoms with Gasteiger partial charge < -0.3 is 29.9 Å². The first-order chi connectivity index (χ1) is 14.0. The van der Waals surface area contributed by atoms with Crippen LogP contribution in [-0.2, 0) is 23.9 Å². The number of hydrogen-bond acceptors (Lipinski definition) is 9. The van der Waals surface area contributed by atoms with Gasteiger partial charge in [0.15, 0.2) is 12.4 Å². The number of aliphatic carboxylic acids is 1. The molecule has 0 aromatic rings. The monoisotopic (exact) mass is 428 g/mol. The Bertz CT molecular complexity index is 798. The molecular formula is C18H24N2O10. The Morgan fingerprint density at radius 3 is 2.53 bits per heavy atom. The lowest BCUT2D eigenvalue weighted by atomic mass is 9.74. The third kappa shape index (κ3) is 3.61. The van der Waals surface area contributed by atoms with Gasteiger partial charge in [-0.15, -0.1) is 0 Å². The van der Waals surface area contributed by atoms with Crippen molar-refractivity contribution in [1.82, 2.24) is 10.2 Å². The first kappa shape index (κ1) is 22.3. The maximum Gasteiger partial charge on any atom is 0.335 e. The zero-order valence-electron chi connectivity index (χ0n) is 16.3. The van der Waals surface area contributed by atoms with E-state index in [9.17, 15) is 34.5 Å². The number of carboxylic acids is 1. The largest absolute Gasteiger partial charge is 0.479 e. The van der Waals surface area contributed by atoms with Gasteiger partial charge in [-0.2, -0.15) is 0 Å². The first-order valence-corrected chi connectivity index (χ1v) is 9.41. The van der Waals surface area contributed by atoms with Crippen LogP contribution in [0.15, 0.2) is 11.6 Å². The van der Waals surface area contributed by atoms with E-state index >= 15 is 0 Å². The number of barbiturate groups is 1. The lowest BCUT2D eigenvalue weighted by Gasteiger charge is -2.41. The van der Waals surface area contributed by atoms with Gasteiger partial charge in [0, 0.05) is 7.05 Å². The van der Waals surface area contributed by atoms with Crippen LogP contribution in [0, 0.1) is 5.41 Å². The molecule has 2 heterocycles. The van der Waals surface area contributed by atoms with Gasteiger partial charge in [-0.1, -0.05) is 6.08 Å². The fourth-order valence-corrected chi connectivity index (χ4v) is 3.86. The van der Waals surface area contributed by atoms with E-state index in [2.05, 4.69) is 5.32 Å². The molecule has 0 spiro atoms. The standard InChI is InChI=1S/C18H24N2O10/c1-18(15(26)19-17(28)20(2)16(18)27)7-4-3-5-8(6-7)29-14-11(23)9(21)10(22)12(30-14)13(24)25/h6,8-12,14,21-23H,3-5H2,1-2H3,(H,24,25)(H,19,26,28)/t8?,9-,10-,11+,12-,14?,18?/m0/s1. The SMILES string of the molecule is CN1C(=O)NC(=O)C(C)(C2=CC(OC3O[C@H](C(=O)O)[C@@H](O)[C@H](O)[C@H]3O)CCC2)C1=O. The third-order valence-electron chi connectivity index (χ3n) is 5.80. The van der Waals surface area contributed by atoms with Crippen molar-refractivity contribution in [3.05, 3.63) is 11.6 Å². The van der Waals surface area contributed by atoms with Crippen molar-refractivity contribution in [3.63, 3.8) is 0 Å². The van der Waals surface area contributed by atoms with E-state index in [0.29, 0.717) is 24.8 Å². The molecule has 2 aliphatic heterocycles. The highest BCUT2D eigenvalue weighted by Crippen LogP contribution is 2.39. The molecule has 3 unspecified atom stereocenters. The molecule has 0 aromatic carbocycles. The van der Waals surface area contributed by atoms with Crippen molar-refractivity contribution in [2.75, 3.05) is 7.05 Å². The fourth-order valence-electron chi connectivity index (χ4n) is 3.86. The minimum atomic E-state index is -1.84. The summed E-state index contributed by atoms with van der Waals surface area (Å²) >= 11 is 0. The summed E-state index contributed by atoms with van der Waals surface area (Å²) in [6.07, 6.45) is -6.70. The molecule has 2 saturated heterocycles. The summed E-state index contributed by atoms with van der Waals surface area (Å²) < 4.78 is 10.7. The quantitative estimate of drug-likeness (QED) is 0.250. The second kappa shape index (κ2) is 8.04. The summed E-state index contributed by atoms with van der Waals surface area (Å²) in [6.45, 7) is 1.40. The van der Waals surface area contributed by atoms with E-state index in [1.807, 2.05) is 0 Å². The summed E-state index contributed by atoms with van der Waals surface area (Å²) in [6, 6.07) is -0.822. The number of nitrogens with zero attached hydrogens (tertiary/aromatic N) is 1. The number of rotatable bonds is 4. The van der Waals surface area contributed by atoms with Crippen molar-refractivity contribution in [1.29, 1.82) is 0 Å². The van der Waals surface area contributed by atoms with Gasteiger partial charge in [-0.3, -0.25) is 19.8 Å². The Balaban J connectivity index is 1.82.